The molecule has 0 radical (unpaired) electrons. The Morgan fingerprint density at radius 3 is 2.58 bits per heavy atom. The van der Waals surface area contributed by atoms with Crippen LogP contribution in [0.25, 0.3) is 22.0 Å². The first-order valence-corrected chi connectivity index (χ1v) is 13.4. The van der Waals surface area contributed by atoms with Gasteiger partial charge in [-0.2, -0.15) is 24.9 Å². The van der Waals surface area contributed by atoms with E-state index >= 15 is 0 Å². The zero-order valence-electron chi connectivity index (χ0n) is 21.1. The fraction of sp³-hybridized carbons (Fsp3) is 0.296. The number of benzene rings is 2. The molecule has 0 fully saturated rings. The number of alkyl halides is 3. The molecule has 1 atom stereocenters. The number of para-hydroxylation sites is 3. The number of Topliss-reactive ketones (excluding diaryl/α,β-unsaturated/α-hetero) is 1. The minimum atomic E-state index is -4.91. The molecular formula is C27H25F3N4O5S. The maximum Gasteiger partial charge on any atom is 0.450 e. The molecule has 4 aromatic rings. The number of amides is 2. The number of aromatic nitrogens is 2. The largest absolute Gasteiger partial charge is 0.450 e. The molecule has 2 N–H and O–H groups in total. The van der Waals surface area contributed by atoms with Gasteiger partial charge in [-0.15, -0.1) is 0 Å². The number of fused-ring (bicyclic) bond motifs is 2. The molecule has 210 valence electrons. The molecule has 0 aliphatic carbocycles. The van der Waals surface area contributed by atoms with Gasteiger partial charge in [-0.05, 0) is 48.4 Å². The standard InChI is InChI=1S/C27H25F3N4O5S/c28-27(29,30)23(35)16-40-11-5-9-21(25(31)37)33(14-17-12-18-6-1-2-7-19(18)32-13-17)24(36)15-34-20-8-3-4-10-22(20)39-26(34)38/h1-4,6-8,10,12-13,21H,5,9,11,14-16H2,(H2,31,37)/t21-/m0/s1. The molecular weight excluding hydrogens is 549 g/mol. The zero-order valence-corrected chi connectivity index (χ0v) is 21.9. The summed E-state index contributed by atoms with van der Waals surface area (Å²) in [6, 6.07) is 14.6. The fourth-order valence-corrected chi connectivity index (χ4v) is 5.10. The van der Waals surface area contributed by atoms with Crippen LogP contribution in [-0.4, -0.2) is 55.8 Å². The van der Waals surface area contributed by atoms with Crippen LogP contribution in [0.3, 0.4) is 0 Å². The lowest BCUT2D eigenvalue weighted by molar-refractivity contribution is -0.167. The van der Waals surface area contributed by atoms with Crippen molar-refractivity contribution in [1.82, 2.24) is 14.5 Å². The molecule has 40 heavy (non-hydrogen) atoms. The van der Waals surface area contributed by atoms with Gasteiger partial charge in [0.15, 0.2) is 5.58 Å². The van der Waals surface area contributed by atoms with E-state index in [4.69, 9.17) is 10.2 Å². The third-order valence-electron chi connectivity index (χ3n) is 6.21. The molecule has 13 heteroatoms. The van der Waals surface area contributed by atoms with Gasteiger partial charge in [0, 0.05) is 18.1 Å². The van der Waals surface area contributed by atoms with Crippen LogP contribution in [0, 0.1) is 0 Å². The molecule has 9 nitrogen and oxygen atoms in total. The average Bonchev–Trinajstić information content (AvgIpc) is 3.23. The quantitative estimate of drug-likeness (QED) is 0.256. The number of carbonyl (C=O) groups is 3. The third kappa shape index (κ3) is 6.89. The summed E-state index contributed by atoms with van der Waals surface area (Å²) < 4.78 is 43.8. The molecule has 2 aromatic heterocycles. The van der Waals surface area contributed by atoms with E-state index in [2.05, 4.69) is 4.98 Å². The fourth-order valence-electron chi connectivity index (χ4n) is 4.24. The predicted octanol–water partition coefficient (Wildman–Crippen LogP) is 3.67. The van der Waals surface area contributed by atoms with Gasteiger partial charge in [-0.25, -0.2) is 4.79 Å². The van der Waals surface area contributed by atoms with Crippen LogP contribution in [0.5, 0.6) is 0 Å². The van der Waals surface area contributed by atoms with E-state index in [0.717, 1.165) is 27.2 Å². The predicted molar refractivity (Wildman–Crippen MR) is 143 cm³/mol. The number of nitrogens with zero attached hydrogens (tertiary/aromatic N) is 3. The molecule has 0 aliphatic rings. The maximum atomic E-state index is 13.6. The third-order valence-corrected chi connectivity index (χ3v) is 7.25. The van der Waals surface area contributed by atoms with Crippen LogP contribution < -0.4 is 11.5 Å². The molecule has 0 saturated heterocycles. The van der Waals surface area contributed by atoms with Gasteiger partial charge >= 0.3 is 11.9 Å². The highest BCUT2D eigenvalue weighted by Crippen LogP contribution is 2.22. The van der Waals surface area contributed by atoms with Crippen molar-refractivity contribution in [3.63, 3.8) is 0 Å². The number of pyridine rings is 1. The van der Waals surface area contributed by atoms with Crippen LogP contribution >= 0.6 is 11.8 Å². The Labute approximate surface area is 230 Å². The molecule has 2 aromatic carbocycles. The second-order valence-electron chi connectivity index (χ2n) is 9.01. The highest BCUT2D eigenvalue weighted by Gasteiger charge is 2.37. The summed E-state index contributed by atoms with van der Waals surface area (Å²) in [5, 5.41) is 0.811. The molecule has 4 rings (SSSR count). The number of carbonyl (C=O) groups excluding carboxylic acids is 3. The number of primary amides is 1. The SMILES string of the molecule is NC(=O)[C@H](CCCSCC(=O)C(F)(F)F)N(Cc1cnc2ccccc2c1)C(=O)Cn1c(=O)oc2ccccc21. The summed E-state index contributed by atoms with van der Waals surface area (Å²) in [7, 11) is 0. The normalized spacial score (nSPS) is 12.5. The van der Waals surface area contributed by atoms with Crippen molar-refractivity contribution in [1.29, 1.82) is 0 Å². The highest BCUT2D eigenvalue weighted by molar-refractivity contribution is 7.99. The van der Waals surface area contributed by atoms with Crippen molar-refractivity contribution < 1.29 is 32.0 Å². The van der Waals surface area contributed by atoms with Crippen molar-refractivity contribution in [3.05, 3.63) is 76.9 Å². The highest BCUT2D eigenvalue weighted by atomic mass is 32.2. The van der Waals surface area contributed by atoms with E-state index in [1.165, 1.54) is 4.90 Å². The van der Waals surface area contributed by atoms with E-state index in [0.29, 0.717) is 16.7 Å². The Bertz CT molecular complexity index is 1600. The summed E-state index contributed by atoms with van der Waals surface area (Å²) >= 11 is 0.782. The average molecular weight is 575 g/mol. The monoisotopic (exact) mass is 574 g/mol. The number of halogens is 3. The van der Waals surface area contributed by atoms with Crippen LogP contribution in [-0.2, 0) is 27.5 Å². The van der Waals surface area contributed by atoms with Crippen LogP contribution in [0.4, 0.5) is 13.2 Å². The number of nitrogens with two attached hydrogens (primary N) is 1. The van der Waals surface area contributed by atoms with E-state index in [1.54, 1.807) is 30.5 Å². The maximum absolute atomic E-state index is 13.6. The lowest BCUT2D eigenvalue weighted by Crippen LogP contribution is -2.49. The molecule has 0 unspecified atom stereocenters. The Hall–Kier alpha value is -4.13. The summed E-state index contributed by atoms with van der Waals surface area (Å²) in [6.45, 7) is -0.496. The van der Waals surface area contributed by atoms with Crippen LogP contribution in [0.1, 0.15) is 18.4 Å². The van der Waals surface area contributed by atoms with Gasteiger partial charge in [-0.3, -0.25) is 23.9 Å². The zero-order chi connectivity index (χ0) is 28.9. The first kappa shape index (κ1) is 28.9. The van der Waals surface area contributed by atoms with E-state index in [-0.39, 0.29) is 25.1 Å². The Morgan fingerprint density at radius 2 is 1.82 bits per heavy atom. The lowest BCUT2D eigenvalue weighted by atomic mass is 10.1. The van der Waals surface area contributed by atoms with Crippen molar-refractivity contribution in [2.45, 2.75) is 38.1 Å². The van der Waals surface area contributed by atoms with E-state index < -0.39 is 47.9 Å². The summed E-state index contributed by atoms with van der Waals surface area (Å²) in [6.07, 6.45) is -3.10. The van der Waals surface area contributed by atoms with Gasteiger partial charge < -0.3 is 15.1 Å². The van der Waals surface area contributed by atoms with Gasteiger partial charge in [0.1, 0.15) is 12.6 Å². The summed E-state index contributed by atoms with van der Waals surface area (Å²) in [4.78, 5) is 55.4. The molecule has 0 saturated carbocycles. The van der Waals surface area contributed by atoms with Crippen molar-refractivity contribution in [2.24, 2.45) is 5.73 Å². The topological polar surface area (TPSA) is 128 Å². The second kappa shape index (κ2) is 12.4. The minimum Gasteiger partial charge on any atom is -0.408 e. The lowest BCUT2D eigenvalue weighted by Gasteiger charge is -2.30. The first-order valence-electron chi connectivity index (χ1n) is 12.2. The number of hydrogen-bond acceptors (Lipinski definition) is 7. The number of ketones is 1. The van der Waals surface area contributed by atoms with Crippen molar-refractivity contribution in [2.75, 3.05) is 11.5 Å². The first-order chi connectivity index (χ1) is 19.0. The number of rotatable bonds is 12. The van der Waals surface area contributed by atoms with Gasteiger partial charge in [0.2, 0.25) is 17.6 Å². The Balaban J connectivity index is 1.56. The molecule has 0 spiro atoms. The van der Waals surface area contributed by atoms with Crippen molar-refractivity contribution in [3.8, 4) is 0 Å². The van der Waals surface area contributed by atoms with Crippen LogP contribution in [0.2, 0.25) is 0 Å². The second-order valence-corrected chi connectivity index (χ2v) is 10.1. The van der Waals surface area contributed by atoms with Gasteiger partial charge in [0.05, 0.1) is 16.8 Å². The van der Waals surface area contributed by atoms with Gasteiger partial charge in [-0.1, -0.05) is 30.3 Å². The number of oxazole rings is 1. The molecule has 2 heterocycles. The molecule has 2 amide bonds. The number of hydrogen-bond donors (Lipinski definition) is 1. The molecule has 0 aliphatic heterocycles. The smallest absolute Gasteiger partial charge is 0.408 e. The van der Waals surface area contributed by atoms with Gasteiger partial charge in [0.25, 0.3) is 0 Å². The van der Waals surface area contributed by atoms with Crippen molar-refractivity contribution >= 4 is 51.4 Å². The summed E-state index contributed by atoms with van der Waals surface area (Å²) in [5.41, 5.74) is 7.72. The number of thioether (sulfide) groups is 1. The minimum absolute atomic E-state index is 0.0380. The van der Waals surface area contributed by atoms with E-state index in [9.17, 15) is 32.3 Å². The Kier molecular flexibility index (Phi) is 8.93. The Morgan fingerprint density at radius 1 is 1.10 bits per heavy atom. The van der Waals surface area contributed by atoms with E-state index in [1.807, 2.05) is 30.3 Å². The summed E-state index contributed by atoms with van der Waals surface area (Å²) in [5.74, 6) is -4.61. The van der Waals surface area contributed by atoms with Crippen LogP contribution in [0.15, 0.2) is 70.0 Å². The molecule has 0 bridgehead atoms.